The summed E-state index contributed by atoms with van der Waals surface area (Å²) in [7, 11) is 0. The SMILES string of the molecule is CCCCCCCCCCCCCCCCCCOC(=O)C1CCN(C(=O)c2ccc(F)cc2C(F)(F)F)CC1. The molecule has 0 N–H and O–H groups in total. The number of esters is 1. The third-order valence-corrected chi connectivity index (χ3v) is 7.88. The van der Waals surface area contributed by atoms with Crippen LogP contribution in [0.1, 0.15) is 138 Å². The summed E-state index contributed by atoms with van der Waals surface area (Å²) >= 11 is 0. The van der Waals surface area contributed by atoms with Crippen LogP contribution in [0.5, 0.6) is 0 Å². The van der Waals surface area contributed by atoms with E-state index in [1.54, 1.807) is 0 Å². The Balaban J connectivity index is 1.49. The van der Waals surface area contributed by atoms with E-state index >= 15 is 0 Å². The molecule has 0 radical (unpaired) electrons. The lowest BCUT2D eigenvalue weighted by Crippen LogP contribution is -2.41. The van der Waals surface area contributed by atoms with Gasteiger partial charge in [0.15, 0.2) is 0 Å². The molecule has 0 atom stereocenters. The van der Waals surface area contributed by atoms with Gasteiger partial charge >= 0.3 is 12.1 Å². The molecule has 0 aliphatic carbocycles. The van der Waals surface area contributed by atoms with Crippen molar-refractivity contribution in [1.29, 1.82) is 0 Å². The number of amides is 1. The first-order valence-electron chi connectivity index (χ1n) is 15.6. The van der Waals surface area contributed by atoms with E-state index in [-0.39, 0.29) is 25.0 Å². The van der Waals surface area contributed by atoms with Crippen LogP contribution < -0.4 is 0 Å². The monoisotopic (exact) mass is 571 g/mol. The number of carbonyl (C=O) groups is 2. The summed E-state index contributed by atoms with van der Waals surface area (Å²) in [6.07, 6.45) is 16.3. The van der Waals surface area contributed by atoms with Crippen molar-refractivity contribution in [1.82, 2.24) is 4.90 Å². The zero-order valence-corrected chi connectivity index (χ0v) is 24.3. The van der Waals surface area contributed by atoms with E-state index in [2.05, 4.69) is 6.92 Å². The van der Waals surface area contributed by atoms with Crippen LogP contribution in [0.25, 0.3) is 0 Å². The number of nitrogens with zero attached hydrogens (tertiary/aromatic N) is 1. The van der Waals surface area contributed by atoms with Crippen LogP contribution in [0.2, 0.25) is 0 Å². The van der Waals surface area contributed by atoms with Crippen LogP contribution in [0, 0.1) is 11.7 Å². The second kappa shape index (κ2) is 19.1. The number of alkyl halides is 3. The average molecular weight is 572 g/mol. The molecule has 40 heavy (non-hydrogen) atoms. The molecule has 0 spiro atoms. The number of hydrogen-bond acceptors (Lipinski definition) is 3. The Morgan fingerprint density at radius 2 is 1.27 bits per heavy atom. The number of likely N-dealkylation sites (tertiary alicyclic amines) is 1. The Morgan fingerprint density at radius 1 is 0.800 bits per heavy atom. The average Bonchev–Trinajstić information content (AvgIpc) is 2.93. The Labute approximate surface area is 238 Å². The molecule has 228 valence electrons. The van der Waals surface area contributed by atoms with E-state index in [1.807, 2.05) is 0 Å². The van der Waals surface area contributed by atoms with Crippen molar-refractivity contribution in [2.75, 3.05) is 19.7 Å². The van der Waals surface area contributed by atoms with Crippen LogP contribution in [-0.4, -0.2) is 36.5 Å². The molecule has 1 aliphatic rings. The van der Waals surface area contributed by atoms with Gasteiger partial charge < -0.3 is 9.64 Å². The van der Waals surface area contributed by atoms with Gasteiger partial charge in [0.1, 0.15) is 5.82 Å². The first-order valence-corrected chi connectivity index (χ1v) is 15.6. The van der Waals surface area contributed by atoms with Crippen LogP contribution in [-0.2, 0) is 15.7 Å². The smallest absolute Gasteiger partial charge is 0.417 e. The van der Waals surface area contributed by atoms with Gasteiger partial charge in [-0.15, -0.1) is 0 Å². The molecular formula is C32H49F4NO3. The quantitative estimate of drug-likeness (QED) is 0.0944. The van der Waals surface area contributed by atoms with Crippen molar-refractivity contribution in [3.8, 4) is 0 Å². The number of unbranched alkanes of at least 4 members (excludes halogenated alkanes) is 15. The number of carbonyl (C=O) groups excluding carboxylic acids is 2. The highest BCUT2D eigenvalue weighted by molar-refractivity contribution is 5.96. The van der Waals surface area contributed by atoms with Gasteiger partial charge in [-0.1, -0.05) is 103 Å². The second-order valence-electron chi connectivity index (χ2n) is 11.2. The third-order valence-electron chi connectivity index (χ3n) is 7.88. The van der Waals surface area contributed by atoms with Gasteiger partial charge in [0, 0.05) is 13.1 Å². The highest BCUT2D eigenvalue weighted by atomic mass is 19.4. The highest BCUT2D eigenvalue weighted by Gasteiger charge is 2.37. The van der Waals surface area contributed by atoms with E-state index in [1.165, 1.54) is 88.4 Å². The fraction of sp³-hybridized carbons (Fsp3) is 0.750. The van der Waals surface area contributed by atoms with Crippen molar-refractivity contribution in [2.45, 2.75) is 129 Å². The molecule has 1 amide bonds. The van der Waals surface area contributed by atoms with Crippen LogP contribution in [0.4, 0.5) is 17.6 Å². The molecule has 0 bridgehead atoms. The maximum absolute atomic E-state index is 13.4. The molecule has 8 heteroatoms. The van der Waals surface area contributed by atoms with Gasteiger partial charge in [0.05, 0.1) is 23.7 Å². The third kappa shape index (κ3) is 13.0. The van der Waals surface area contributed by atoms with Gasteiger partial charge in [-0.2, -0.15) is 13.2 Å². The molecule has 1 aromatic rings. The fourth-order valence-corrected chi connectivity index (χ4v) is 5.37. The summed E-state index contributed by atoms with van der Waals surface area (Å²) in [5, 5.41) is 0. The summed E-state index contributed by atoms with van der Waals surface area (Å²) < 4.78 is 58.6. The molecule has 2 rings (SSSR count). The summed E-state index contributed by atoms with van der Waals surface area (Å²) in [6.45, 7) is 2.95. The molecule has 1 fully saturated rings. The Kier molecular flexibility index (Phi) is 16.3. The molecule has 0 aromatic heterocycles. The van der Waals surface area contributed by atoms with Gasteiger partial charge in [0.2, 0.25) is 0 Å². The summed E-state index contributed by atoms with van der Waals surface area (Å²) in [5.41, 5.74) is -1.85. The fourth-order valence-electron chi connectivity index (χ4n) is 5.37. The molecule has 1 saturated heterocycles. The van der Waals surface area contributed by atoms with Crippen molar-refractivity contribution in [3.05, 3.63) is 35.1 Å². The van der Waals surface area contributed by atoms with Gasteiger partial charge in [-0.3, -0.25) is 9.59 Å². The van der Waals surface area contributed by atoms with Gasteiger partial charge in [0.25, 0.3) is 5.91 Å². The summed E-state index contributed by atoms with van der Waals surface area (Å²) in [5.74, 6) is -2.51. The summed E-state index contributed by atoms with van der Waals surface area (Å²) in [6, 6.07) is 2.07. The maximum atomic E-state index is 13.4. The Hall–Kier alpha value is -2.12. The van der Waals surface area contributed by atoms with Crippen molar-refractivity contribution in [2.24, 2.45) is 5.92 Å². The lowest BCUT2D eigenvalue weighted by atomic mass is 9.96. The molecule has 0 saturated carbocycles. The molecule has 1 aromatic carbocycles. The van der Waals surface area contributed by atoms with Crippen LogP contribution >= 0.6 is 0 Å². The first kappa shape index (κ1) is 34.1. The van der Waals surface area contributed by atoms with Gasteiger partial charge in [-0.25, -0.2) is 4.39 Å². The molecular weight excluding hydrogens is 522 g/mol. The minimum Gasteiger partial charge on any atom is -0.465 e. The molecule has 1 heterocycles. The molecule has 0 unspecified atom stereocenters. The van der Waals surface area contributed by atoms with E-state index in [4.69, 9.17) is 4.74 Å². The van der Waals surface area contributed by atoms with E-state index in [0.717, 1.165) is 31.4 Å². The number of ether oxygens (including phenoxy) is 1. The number of halogens is 4. The van der Waals surface area contributed by atoms with Crippen molar-refractivity contribution >= 4 is 11.9 Å². The normalized spacial score (nSPS) is 14.5. The molecule has 1 aliphatic heterocycles. The first-order chi connectivity index (χ1) is 19.2. The zero-order chi connectivity index (χ0) is 29.2. The lowest BCUT2D eigenvalue weighted by molar-refractivity contribution is -0.150. The maximum Gasteiger partial charge on any atom is 0.417 e. The van der Waals surface area contributed by atoms with E-state index in [0.29, 0.717) is 25.5 Å². The largest absolute Gasteiger partial charge is 0.465 e. The Bertz CT molecular complexity index is 866. The topological polar surface area (TPSA) is 46.6 Å². The minimum absolute atomic E-state index is 0.159. The number of rotatable bonds is 19. The highest BCUT2D eigenvalue weighted by Crippen LogP contribution is 2.33. The molecule has 4 nitrogen and oxygen atoms in total. The number of benzene rings is 1. The second-order valence-corrected chi connectivity index (χ2v) is 11.2. The minimum atomic E-state index is -4.83. The van der Waals surface area contributed by atoms with E-state index in [9.17, 15) is 27.2 Å². The van der Waals surface area contributed by atoms with Crippen molar-refractivity contribution in [3.63, 3.8) is 0 Å². The predicted octanol–water partition coefficient (Wildman–Crippen LogP) is 9.50. The standard InChI is InChI=1S/C32H49F4NO3/c1-2-3-4-5-6-7-8-9-10-11-12-13-14-15-16-17-24-40-31(39)26-20-22-37(23-21-26)30(38)28-19-18-27(33)25-29(28)32(34,35)36/h18-19,25-26H,2-17,20-24H2,1H3. The summed E-state index contributed by atoms with van der Waals surface area (Å²) in [4.78, 5) is 26.4. The lowest BCUT2D eigenvalue weighted by Gasteiger charge is -2.31. The van der Waals surface area contributed by atoms with Gasteiger partial charge in [-0.05, 0) is 37.5 Å². The predicted molar refractivity (Wildman–Crippen MR) is 151 cm³/mol. The van der Waals surface area contributed by atoms with Crippen LogP contribution in [0.3, 0.4) is 0 Å². The number of piperidine rings is 1. The van der Waals surface area contributed by atoms with Crippen molar-refractivity contribution < 1.29 is 31.9 Å². The van der Waals surface area contributed by atoms with E-state index < -0.39 is 29.0 Å². The number of hydrogen-bond donors (Lipinski definition) is 0. The van der Waals surface area contributed by atoms with Crippen LogP contribution in [0.15, 0.2) is 18.2 Å². The Morgan fingerprint density at radius 3 is 1.75 bits per heavy atom. The zero-order valence-electron chi connectivity index (χ0n) is 24.3.